The minimum atomic E-state index is -0.840. The smallest absolute Gasteiger partial charge is 0.231 e. The number of hydrogen-bond donors (Lipinski definition) is 0. The van der Waals surface area contributed by atoms with E-state index >= 15 is 0 Å². The first-order valence-corrected chi connectivity index (χ1v) is 6.16. The SMILES string of the molecule is CCC(C)OOC(C)(CC)OOC(C)CC. The van der Waals surface area contributed by atoms with Gasteiger partial charge in [-0.05, 0) is 33.6 Å². The van der Waals surface area contributed by atoms with Crippen molar-refractivity contribution in [1.82, 2.24) is 0 Å². The molecule has 0 spiro atoms. The maximum absolute atomic E-state index is 5.28. The van der Waals surface area contributed by atoms with Crippen molar-refractivity contribution in [2.45, 2.75) is 78.8 Å². The Kier molecular flexibility index (Phi) is 7.93. The molecule has 0 aromatic carbocycles. The summed E-state index contributed by atoms with van der Waals surface area (Å²) in [5.74, 6) is -0.840. The summed E-state index contributed by atoms with van der Waals surface area (Å²) in [5.41, 5.74) is 0. The van der Waals surface area contributed by atoms with Gasteiger partial charge in [-0.25, -0.2) is 9.78 Å². The predicted octanol–water partition coefficient (Wildman–Crippen LogP) is 3.61. The summed E-state index contributed by atoms with van der Waals surface area (Å²) in [5, 5.41) is 0. The van der Waals surface area contributed by atoms with Gasteiger partial charge < -0.3 is 0 Å². The highest BCUT2D eigenvalue weighted by atomic mass is 17.3. The Morgan fingerprint density at radius 1 is 0.875 bits per heavy atom. The molecule has 0 fully saturated rings. The van der Waals surface area contributed by atoms with Crippen LogP contribution in [0.4, 0.5) is 0 Å². The van der Waals surface area contributed by atoms with E-state index in [0.29, 0.717) is 6.42 Å². The monoisotopic (exact) mass is 234 g/mol. The zero-order chi connectivity index (χ0) is 12.6. The molecule has 0 aliphatic rings. The van der Waals surface area contributed by atoms with Crippen LogP contribution in [0.1, 0.15) is 60.8 Å². The number of hydrogen-bond acceptors (Lipinski definition) is 4. The standard InChI is InChI=1S/C12H26O4/c1-7-10(4)13-15-12(6,9-3)16-14-11(5)8-2/h10-11H,7-9H2,1-6H3. The van der Waals surface area contributed by atoms with E-state index in [4.69, 9.17) is 19.6 Å². The van der Waals surface area contributed by atoms with Crippen LogP contribution < -0.4 is 0 Å². The van der Waals surface area contributed by atoms with Crippen LogP contribution in [0.3, 0.4) is 0 Å². The summed E-state index contributed by atoms with van der Waals surface area (Å²) < 4.78 is 0. The molecule has 0 N–H and O–H groups in total. The lowest BCUT2D eigenvalue weighted by atomic mass is 10.2. The van der Waals surface area contributed by atoms with E-state index in [0.717, 1.165) is 12.8 Å². The third-order valence-electron chi connectivity index (χ3n) is 2.57. The van der Waals surface area contributed by atoms with Gasteiger partial charge in [0.05, 0.1) is 12.2 Å². The molecule has 0 heterocycles. The molecule has 0 radical (unpaired) electrons. The van der Waals surface area contributed by atoms with Gasteiger partial charge in [-0.15, -0.1) is 0 Å². The molecule has 0 aliphatic carbocycles. The minimum absolute atomic E-state index is 0.0538. The van der Waals surface area contributed by atoms with Gasteiger partial charge in [-0.1, -0.05) is 20.8 Å². The molecule has 16 heavy (non-hydrogen) atoms. The quantitative estimate of drug-likeness (QED) is 0.347. The van der Waals surface area contributed by atoms with E-state index in [1.165, 1.54) is 0 Å². The van der Waals surface area contributed by atoms with Gasteiger partial charge in [0.15, 0.2) is 0 Å². The highest BCUT2D eigenvalue weighted by Gasteiger charge is 2.28. The average molecular weight is 234 g/mol. The zero-order valence-electron chi connectivity index (χ0n) is 11.4. The van der Waals surface area contributed by atoms with Crippen LogP contribution >= 0.6 is 0 Å². The van der Waals surface area contributed by atoms with Crippen molar-refractivity contribution in [3.63, 3.8) is 0 Å². The summed E-state index contributed by atoms with van der Waals surface area (Å²) in [4.78, 5) is 21.0. The largest absolute Gasteiger partial charge is 0.231 e. The van der Waals surface area contributed by atoms with E-state index in [1.807, 2.05) is 34.6 Å². The van der Waals surface area contributed by atoms with Gasteiger partial charge in [0.25, 0.3) is 0 Å². The lowest BCUT2D eigenvalue weighted by molar-refractivity contribution is -0.521. The summed E-state index contributed by atoms with van der Waals surface area (Å²) in [6.45, 7) is 11.7. The highest BCUT2D eigenvalue weighted by Crippen LogP contribution is 2.20. The van der Waals surface area contributed by atoms with Crippen LogP contribution in [0.2, 0.25) is 0 Å². The van der Waals surface area contributed by atoms with E-state index < -0.39 is 5.79 Å². The Balaban J connectivity index is 3.99. The second kappa shape index (κ2) is 8.01. The van der Waals surface area contributed by atoms with Gasteiger partial charge in [0, 0.05) is 6.42 Å². The maximum Gasteiger partial charge on any atom is 0.231 e. The van der Waals surface area contributed by atoms with E-state index in [2.05, 4.69) is 0 Å². The molecule has 2 atom stereocenters. The first-order valence-electron chi connectivity index (χ1n) is 6.16. The maximum atomic E-state index is 5.28. The summed E-state index contributed by atoms with van der Waals surface area (Å²) >= 11 is 0. The third-order valence-corrected chi connectivity index (χ3v) is 2.57. The second-order valence-corrected chi connectivity index (χ2v) is 4.28. The van der Waals surface area contributed by atoms with Crippen molar-refractivity contribution < 1.29 is 19.6 Å². The summed E-state index contributed by atoms with van der Waals surface area (Å²) in [6.07, 6.45) is 2.55. The fraction of sp³-hybridized carbons (Fsp3) is 1.00. The van der Waals surface area contributed by atoms with Crippen molar-refractivity contribution >= 4 is 0 Å². The fourth-order valence-electron chi connectivity index (χ4n) is 0.636. The lowest BCUT2D eigenvalue weighted by Crippen LogP contribution is -2.34. The van der Waals surface area contributed by atoms with Crippen LogP contribution in [-0.2, 0) is 19.6 Å². The van der Waals surface area contributed by atoms with Crippen molar-refractivity contribution in [2.24, 2.45) is 0 Å². The highest BCUT2D eigenvalue weighted by molar-refractivity contribution is 4.55. The van der Waals surface area contributed by atoms with Gasteiger partial charge in [0.1, 0.15) is 0 Å². The van der Waals surface area contributed by atoms with Crippen molar-refractivity contribution in [1.29, 1.82) is 0 Å². The Labute approximate surface area is 99.1 Å². The lowest BCUT2D eigenvalue weighted by Gasteiger charge is -2.27. The third kappa shape index (κ3) is 6.43. The number of rotatable bonds is 9. The van der Waals surface area contributed by atoms with Gasteiger partial charge >= 0.3 is 0 Å². The molecule has 0 aromatic rings. The van der Waals surface area contributed by atoms with Crippen LogP contribution in [0.15, 0.2) is 0 Å². The van der Waals surface area contributed by atoms with Gasteiger partial charge in [-0.2, -0.15) is 9.78 Å². The van der Waals surface area contributed by atoms with Crippen molar-refractivity contribution in [3.05, 3.63) is 0 Å². The molecule has 4 nitrogen and oxygen atoms in total. The Bertz CT molecular complexity index is 158. The first kappa shape index (κ1) is 15.8. The Morgan fingerprint density at radius 2 is 1.25 bits per heavy atom. The molecule has 4 heteroatoms. The first-order chi connectivity index (χ1) is 7.47. The summed E-state index contributed by atoms with van der Waals surface area (Å²) in [6, 6.07) is 0. The van der Waals surface area contributed by atoms with E-state index in [9.17, 15) is 0 Å². The molecule has 0 bridgehead atoms. The van der Waals surface area contributed by atoms with Gasteiger partial charge in [-0.3, -0.25) is 0 Å². The fourth-order valence-corrected chi connectivity index (χ4v) is 0.636. The molecule has 0 amide bonds. The predicted molar refractivity (Wildman–Crippen MR) is 62.5 cm³/mol. The van der Waals surface area contributed by atoms with E-state index in [1.54, 1.807) is 6.92 Å². The van der Waals surface area contributed by atoms with Crippen LogP contribution in [0.25, 0.3) is 0 Å². The molecule has 0 saturated heterocycles. The van der Waals surface area contributed by atoms with Crippen molar-refractivity contribution in [2.75, 3.05) is 0 Å². The molecular weight excluding hydrogens is 208 g/mol. The van der Waals surface area contributed by atoms with Gasteiger partial charge in [0.2, 0.25) is 5.79 Å². The van der Waals surface area contributed by atoms with Crippen LogP contribution in [0.5, 0.6) is 0 Å². The average Bonchev–Trinajstić information content (AvgIpc) is 2.32. The molecule has 0 saturated carbocycles. The van der Waals surface area contributed by atoms with Crippen LogP contribution in [-0.4, -0.2) is 18.0 Å². The Morgan fingerprint density at radius 3 is 1.50 bits per heavy atom. The second-order valence-electron chi connectivity index (χ2n) is 4.28. The Hall–Kier alpha value is -0.160. The topological polar surface area (TPSA) is 36.9 Å². The summed E-state index contributed by atoms with van der Waals surface area (Å²) in [7, 11) is 0. The zero-order valence-corrected chi connectivity index (χ0v) is 11.4. The molecule has 98 valence electrons. The normalized spacial score (nSPS) is 19.1. The molecule has 0 aromatic heterocycles. The molecular formula is C12H26O4. The molecule has 0 aliphatic heterocycles. The molecule has 2 unspecified atom stereocenters. The minimum Gasteiger partial charge on any atom is -0.231 e. The van der Waals surface area contributed by atoms with E-state index in [-0.39, 0.29) is 12.2 Å². The van der Waals surface area contributed by atoms with Crippen molar-refractivity contribution in [3.8, 4) is 0 Å². The molecule has 0 rings (SSSR count). The van der Waals surface area contributed by atoms with Crippen LogP contribution in [0, 0.1) is 0 Å².